The number of aryl methyl sites for hydroxylation is 1. The molecular formula is C25H28N4O3S. The predicted molar refractivity (Wildman–Crippen MR) is 128 cm³/mol. The molecule has 0 N–H and O–H groups in total. The molecule has 172 valence electrons. The van der Waals surface area contributed by atoms with Gasteiger partial charge >= 0.3 is 0 Å². The van der Waals surface area contributed by atoms with Crippen LogP contribution in [0.1, 0.15) is 22.3 Å². The fourth-order valence-electron chi connectivity index (χ4n) is 4.80. The summed E-state index contributed by atoms with van der Waals surface area (Å²) in [4.78, 5) is 17.7. The van der Waals surface area contributed by atoms with Crippen molar-refractivity contribution in [3.05, 3.63) is 71.9 Å². The maximum absolute atomic E-state index is 13.6. The van der Waals surface area contributed by atoms with E-state index in [0.29, 0.717) is 43.9 Å². The van der Waals surface area contributed by atoms with Gasteiger partial charge in [-0.25, -0.2) is 13.1 Å². The van der Waals surface area contributed by atoms with Gasteiger partial charge in [0.2, 0.25) is 0 Å². The molecule has 2 aromatic carbocycles. The summed E-state index contributed by atoms with van der Waals surface area (Å²) in [6, 6.07) is 17.9. The fourth-order valence-corrected chi connectivity index (χ4v) is 6.57. The largest absolute Gasteiger partial charge is 0.336 e. The van der Waals surface area contributed by atoms with Crippen LogP contribution >= 0.6 is 0 Å². The van der Waals surface area contributed by atoms with Gasteiger partial charge in [0.05, 0.1) is 22.8 Å². The molecule has 2 aliphatic heterocycles. The Morgan fingerprint density at radius 3 is 2.33 bits per heavy atom. The van der Waals surface area contributed by atoms with Crippen LogP contribution in [-0.2, 0) is 9.84 Å². The highest BCUT2D eigenvalue weighted by molar-refractivity contribution is 7.91. The Hall–Kier alpha value is -2.97. The lowest BCUT2D eigenvalue weighted by molar-refractivity contribution is 0.0588. The Labute approximate surface area is 194 Å². The Balaban J connectivity index is 1.41. The van der Waals surface area contributed by atoms with Gasteiger partial charge in [-0.2, -0.15) is 5.10 Å². The highest BCUT2D eigenvalue weighted by atomic mass is 32.2. The molecule has 3 aromatic rings. The number of nitrogens with zero attached hydrogens (tertiary/aromatic N) is 4. The number of benzene rings is 2. The Morgan fingerprint density at radius 1 is 0.970 bits per heavy atom. The van der Waals surface area contributed by atoms with Crippen molar-refractivity contribution in [1.82, 2.24) is 19.6 Å². The van der Waals surface area contributed by atoms with Crippen LogP contribution in [-0.4, -0.2) is 77.6 Å². The lowest BCUT2D eigenvalue weighted by Gasteiger charge is -2.37. The number of aromatic nitrogens is 2. The van der Waals surface area contributed by atoms with E-state index >= 15 is 0 Å². The second-order valence-electron chi connectivity index (χ2n) is 8.87. The Bertz CT molecular complexity index is 1260. The fraction of sp³-hybridized carbons (Fsp3) is 0.360. The number of para-hydroxylation sites is 1. The quantitative estimate of drug-likeness (QED) is 0.594. The van der Waals surface area contributed by atoms with Gasteiger partial charge in [0.15, 0.2) is 9.84 Å². The van der Waals surface area contributed by atoms with Gasteiger partial charge in [-0.15, -0.1) is 0 Å². The number of amides is 1. The van der Waals surface area contributed by atoms with Crippen molar-refractivity contribution < 1.29 is 13.2 Å². The van der Waals surface area contributed by atoms with Crippen LogP contribution in [0.4, 0.5) is 0 Å². The zero-order chi connectivity index (χ0) is 23.0. The van der Waals surface area contributed by atoms with Crippen molar-refractivity contribution in [3.8, 4) is 16.9 Å². The first-order valence-electron chi connectivity index (χ1n) is 11.4. The molecule has 3 heterocycles. The highest BCUT2D eigenvalue weighted by Gasteiger charge is 2.35. The highest BCUT2D eigenvalue weighted by Crippen LogP contribution is 2.28. The van der Waals surface area contributed by atoms with E-state index in [1.54, 1.807) is 4.68 Å². The molecule has 33 heavy (non-hydrogen) atoms. The van der Waals surface area contributed by atoms with Gasteiger partial charge in [-0.3, -0.25) is 9.69 Å². The van der Waals surface area contributed by atoms with Crippen molar-refractivity contribution in [1.29, 1.82) is 0 Å². The molecule has 1 aromatic heterocycles. The van der Waals surface area contributed by atoms with Crippen LogP contribution < -0.4 is 0 Å². The van der Waals surface area contributed by atoms with E-state index in [2.05, 4.69) is 4.90 Å². The van der Waals surface area contributed by atoms with Gasteiger partial charge in [-0.05, 0) is 31.0 Å². The van der Waals surface area contributed by atoms with Crippen molar-refractivity contribution in [2.24, 2.45) is 0 Å². The number of piperazine rings is 1. The summed E-state index contributed by atoms with van der Waals surface area (Å²) in [7, 11) is -2.91. The normalized spacial score (nSPS) is 20.8. The van der Waals surface area contributed by atoms with Crippen LogP contribution in [0.2, 0.25) is 0 Å². The number of carbonyl (C=O) groups is 1. The van der Waals surface area contributed by atoms with Crippen molar-refractivity contribution in [3.63, 3.8) is 0 Å². The van der Waals surface area contributed by atoms with E-state index < -0.39 is 9.84 Å². The molecule has 0 bridgehead atoms. The van der Waals surface area contributed by atoms with Gasteiger partial charge < -0.3 is 4.90 Å². The van der Waals surface area contributed by atoms with Crippen molar-refractivity contribution in [2.75, 3.05) is 37.7 Å². The maximum atomic E-state index is 13.6. The number of rotatable bonds is 4. The van der Waals surface area contributed by atoms with E-state index in [9.17, 15) is 13.2 Å². The number of hydrogen-bond donors (Lipinski definition) is 0. The summed E-state index contributed by atoms with van der Waals surface area (Å²) < 4.78 is 25.5. The van der Waals surface area contributed by atoms with Crippen LogP contribution in [0.25, 0.3) is 16.9 Å². The summed E-state index contributed by atoms with van der Waals surface area (Å²) in [5.74, 6) is 0.478. The number of sulfone groups is 1. The summed E-state index contributed by atoms with van der Waals surface area (Å²) >= 11 is 0. The van der Waals surface area contributed by atoms with E-state index in [4.69, 9.17) is 5.10 Å². The molecule has 0 radical (unpaired) electrons. The number of hydrogen-bond acceptors (Lipinski definition) is 5. The maximum Gasteiger partial charge on any atom is 0.257 e. The summed E-state index contributed by atoms with van der Waals surface area (Å²) in [5.41, 5.74) is 4.19. The lowest BCUT2D eigenvalue weighted by atomic mass is 10.0. The SMILES string of the molecule is Cc1ccccc1-c1nn(-c2ccccc2)cc1C(=O)N1CCN(C2CCS(=O)(=O)C2)CC1. The molecule has 5 rings (SSSR count). The zero-order valence-corrected chi connectivity index (χ0v) is 19.5. The molecular weight excluding hydrogens is 436 g/mol. The lowest BCUT2D eigenvalue weighted by Crippen LogP contribution is -2.52. The molecule has 2 saturated heterocycles. The number of carbonyl (C=O) groups excluding carboxylic acids is 1. The molecule has 2 aliphatic rings. The minimum atomic E-state index is -2.91. The predicted octanol–water partition coefficient (Wildman–Crippen LogP) is 2.79. The topological polar surface area (TPSA) is 75.5 Å². The van der Waals surface area contributed by atoms with Crippen LogP contribution in [0, 0.1) is 6.92 Å². The monoisotopic (exact) mass is 464 g/mol. The molecule has 1 atom stereocenters. The first-order valence-corrected chi connectivity index (χ1v) is 13.2. The van der Waals surface area contributed by atoms with Gasteiger partial charge in [0.25, 0.3) is 5.91 Å². The average molecular weight is 465 g/mol. The smallest absolute Gasteiger partial charge is 0.257 e. The summed E-state index contributed by atoms with van der Waals surface area (Å²) in [6.45, 7) is 4.58. The average Bonchev–Trinajstić information content (AvgIpc) is 3.43. The summed E-state index contributed by atoms with van der Waals surface area (Å²) in [5, 5.41) is 4.81. The molecule has 0 spiro atoms. The second kappa shape index (κ2) is 8.76. The van der Waals surface area contributed by atoms with Gasteiger partial charge in [0.1, 0.15) is 5.69 Å². The standard InChI is InChI=1S/C25H28N4O3S/c1-19-7-5-6-10-22(19)24-23(17-29(26-24)20-8-3-2-4-9-20)25(30)28-14-12-27(13-15-28)21-11-16-33(31,32)18-21/h2-10,17,21H,11-16,18H2,1H3. The van der Waals surface area contributed by atoms with E-state index in [1.807, 2.05) is 72.6 Å². The summed E-state index contributed by atoms with van der Waals surface area (Å²) in [6.07, 6.45) is 2.52. The third-order valence-corrected chi connectivity index (χ3v) is 8.44. The van der Waals surface area contributed by atoms with E-state index in [0.717, 1.165) is 16.8 Å². The minimum Gasteiger partial charge on any atom is -0.336 e. The second-order valence-corrected chi connectivity index (χ2v) is 11.1. The van der Waals surface area contributed by atoms with E-state index in [1.165, 1.54) is 0 Å². The van der Waals surface area contributed by atoms with Crippen LogP contribution in [0.5, 0.6) is 0 Å². The molecule has 1 amide bonds. The zero-order valence-electron chi connectivity index (χ0n) is 18.7. The van der Waals surface area contributed by atoms with Gasteiger partial charge in [-0.1, -0.05) is 42.5 Å². The Kier molecular flexibility index (Phi) is 5.80. The molecule has 0 saturated carbocycles. The third-order valence-electron chi connectivity index (χ3n) is 6.69. The minimum absolute atomic E-state index is 0.0332. The van der Waals surface area contributed by atoms with Crippen molar-refractivity contribution in [2.45, 2.75) is 19.4 Å². The van der Waals surface area contributed by atoms with Crippen LogP contribution in [0.3, 0.4) is 0 Å². The molecule has 1 unspecified atom stereocenters. The van der Waals surface area contributed by atoms with Crippen molar-refractivity contribution >= 4 is 15.7 Å². The van der Waals surface area contributed by atoms with E-state index in [-0.39, 0.29) is 23.5 Å². The first kappa shape index (κ1) is 21.9. The molecule has 0 aliphatic carbocycles. The molecule has 7 nitrogen and oxygen atoms in total. The Morgan fingerprint density at radius 2 is 1.67 bits per heavy atom. The molecule has 8 heteroatoms. The molecule has 2 fully saturated rings. The third kappa shape index (κ3) is 4.45. The first-order chi connectivity index (χ1) is 15.9. The van der Waals surface area contributed by atoms with Gasteiger partial charge in [0, 0.05) is 44.0 Å². The van der Waals surface area contributed by atoms with Crippen LogP contribution in [0.15, 0.2) is 60.8 Å².